The molecule has 1 aromatic heterocycles. The van der Waals surface area contributed by atoms with Gasteiger partial charge in [0.2, 0.25) is 0 Å². The van der Waals surface area contributed by atoms with Crippen LogP contribution in [0.4, 0.5) is 13.2 Å². The van der Waals surface area contributed by atoms with Crippen LogP contribution in [0.15, 0.2) is 47.3 Å². The number of alkyl halides is 3. The molecule has 0 saturated heterocycles. The first-order chi connectivity index (χ1) is 12.8. The van der Waals surface area contributed by atoms with Crippen molar-refractivity contribution in [3.05, 3.63) is 63.9 Å². The summed E-state index contributed by atoms with van der Waals surface area (Å²) in [5, 5.41) is 0.333. The van der Waals surface area contributed by atoms with Crippen LogP contribution in [0.25, 0.3) is 22.3 Å². The molecular formula is C19H13F3N2O3. The van der Waals surface area contributed by atoms with E-state index in [9.17, 15) is 22.8 Å². The fourth-order valence-corrected chi connectivity index (χ4v) is 3.42. The first-order valence-electron chi connectivity index (χ1n) is 8.11. The van der Waals surface area contributed by atoms with E-state index in [0.717, 1.165) is 12.1 Å². The zero-order chi connectivity index (χ0) is 19.3. The highest BCUT2D eigenvalue weighted by Gasteiger charge is 2.37. The number of para-hydroxylation sites is 1. The van der Waals surface area contributed by atoms with Crippen molar-refractivity contribution in [2.75, 3.05) is 7.11 Å². The molecule has 2 aromatic carbocycles. The van der Waals surface area contributed by atoms with Crippen molar-refractivity contribution in [2.45, 2.75) is 18.6 Å². The van der Waals surface area contributed by atoms with Crippen LogP contribution in [-0.4, -0.2) is 22.6 Å². The number of hydrogen-bond donors (Lipinski definition) is 0. The molecule has 1 aliphatic rings. The number of hydrogen-bond acceptors (Lipinski definition) is 4. The van der Waals surface area contributed by atoms with Gasteiger partial charge in [0, 0.05) is 5.56 Å². The van der Waals surface area contributed by atoms with Gasteiger partial charge < -0.3 is 4.74 Å². The Bertz CT molecular complexity index is 1140. The Morgan fingerprint density at radius 1 is 1.22 bits per heavy atom. The number of esters is 1. The predicted octanol–water partition coefficient (Wildman–Crippen LogP) is 3.55. The quantitative estimate of drug-likeness (QED) is 0.644. The van der Waals surface area contributed by atoms with Gasteiger partial charge in [-0.1, -0.05) is 18.2 Å². The fourth-order valence-electron chi connectivity index (χ4n) is 3.42. The zero-order valence-electron chi connectivity index (χ0n) is 14.1. The molecule has 8 heteroatoms. The number of ether oxygens (including phenoxy) is 1. The molecule has 0 aliphatic carbocycles. The summed E-state index contributed by atoms with van der Waals surface area (Å²) >= 11 is 0. The molecule has 27 heavy (non-hydrogen) atoms. The lowest BCUT2D eigenvalue weighted by Crippen LogP contribution is -2.26. The van der Waals surface area contributed by atoms with E-state index < -0.39 is 29.3 Å². The molecule has 0 saturated carbocycles. The number of halogens is 3. The molecule has 0 bridgehead atoms. The van der Waals surface area contributed by atoms with Crippen molar-refractivity contribution in [1.82, 2.24) is 9.55 Å². The summed E-state index contributed by atoms with van der Waals surface area (Å²) in [6.07, 6.45) is -4.81. The van der Waals surface area contributed by atoms with Crippen LogP contribution in [0, 0.1) is 0 Å². The van der Waals surface area contributed by atoms with Gasteiger partial charge in [0.15, 0.2) is 0 Å². The van der Waals surface area contributed by atoms with Gasteiger partial charge in [0.1, 0.15) is 5.82 Å². The number of aromatic nitrogens is 2. The molecule has 0 radical (unpaired) electrons. The first-order valence-corrected chi connectivity index (χ1v) is 8.11. The molecule has 138 valence electrons. The van der Waals surface area contributed by atoms with E-state index in [1.165, 1.54) is 17.7 Å². The number of benzene rings is 2. The van der Waals surface area contributed by atoms with Gasteiger partial charge in [0.05, 0.1) is 36.0 Å². The van der Waals surface area contributed by atoms with Gasteiger partial charge in [-0.25, -0.2) is 4.98 Å². The van der Waals surface area contributed by atoms with Crippen molar-refractivity contribution >= 4 is 16.9 Å². The molecule has 0 spiro atoms. The Morgan fingerprint density at radius 2 is 1.96 bits per heavy atom. The summed E-state index contributed by atoms with van der Waals surface area (Å²) < 4.78 is 45.5. The van der Waals surface area contributed by atoms with E-state index in [1.54, 1.807) is 24.3 Å². The maximum atomic E-state index is 13.2. The molecule has 0 amide bonds. The summed E-state index contributed by atoms with van der Waals surface area (Å²) in [6, 6.07) is 8.97. The van der Waals surface area contributed by atoms with Crippen LogP contribution in [0.3, 0.4) is 0 Å². The van der Waals surface area contributed by atoms with E-state index >= 15 is 0 Å². The minimum absolute atomic E-state index is 0.232. The minimum Gasteiger partial charge on any atom is -0.469 e. The van der Waals surface area contributed by atoms with Gasteiger partial charge >= 0.3 is 12.1 Å². The van der Waals surface area contributed by atoms with Crippen molar-refractivity contribution in [1.29, 1.82) is 0 Å². The molecule has 0 N–H and O–H groups in total. The monoisotopic (exact) mass is 374 g/mol. The third-order valence-corrected chi connectivity index (χ3v) is 4.69. The lowest BCUT2D eigenvalue weighted by molar-refractivity contribution is -0.141. The van der Waals surface area contributed by atoms with Crippen LogP contribution in [0.2, 0.25) is 0 Å². The molecule has 1 atom stereocenters. The number of carbonyl (C=O) groups excluding carboxylic acids is 1. The number of fused-ring (bicyclic) bond motifs is 4. The molecule has 5 nitrogen and oxygen atoms in total. The SMILES string of the molecule is COC(=O)CC1c2cc(C(F)(F)F)ccc2-c2nc3ccccc3c(=O)n21. The molecule has 4 rings (SSSR count). The third-order valence-electron chi connectivity index (χ3n) is 4.69. The van der Waals surface area contributed by atoms with Crippen molar-refractivity contribution in [2.24, 2.45) is 0 Å². The van der Waals surface area contributed by atoms with E-state index in [0.29, 0.717) is 16.5 Å². The second-order valence-corrected chi connectivity index (χ2v) is 6.22. The Hall–Kier alpha value is -3.16. The zero-order valence-corrected chi connectivity index (χ0v) is 14.1. The molecular weight excluding hydrogens is 361 g/mol. The van der Waals surface area contributed by atoms with Gasteiger partial charge in [-0.15, -0.1) is 0 Å². The summed E-state index contributed by atoms with van der Waals surface area (Å²) in [4.78, 5) is 29.3. The highest BCUT2D eigenvalue weighted by molar-refractivity contribution is 5.82. The van der Waals surface area contributed by atoms with Crippen LogP contribution in [0.1, 0.15) is 23.6 Å². The second-order valence-electron chi connectivity index (χ2n) is 6.22. The van der Waals surface area contributed by atoms with Crippen molar-refractivity contribution in [3.63, 3.8) is 0 Å². The summed E-state index contributed by atoms with van der Waals surface area (Å²) in [5.41, 5.74) is -0.177. The standard InChI is InChI=1S/C19H13F3N2O3/c1-27-16(25)9-15-13-8-10(19(20,21)22)6-7-11(13)17-23-14-5-3-2-4-12(14)18(26)24(15)17/h2-8,15H,9H2,1H3. The largest absolute Gasteiger partial charge is 0.469 e. The Morgan fingerprint density at radius 3 is 2.67 bits per heavy atom. The predicted molar refractivity (Wildman–Crippen MR) is 91.2 cm³/mol. The summed E-state index contributed by atoms with van der Waals surface area (Å²) in [7, 11) is 1.19. The topological polar surface area (TPSA) is 61.2 Å². The van der Waals surface area contributed by atoms with E-state index in [-0.39, 0.29) is 17.8 Å². The molecule has 3 aromatic rings. The van der Waals surface area contributed by atoms with E-state index in [1.807, 2.05) is 0 Å². The molecule has 0 fully saturated rings. The van der Waals surface area contributed by atoms with E-state index in [4.69, 9.17) is 0 Å². The lowest BCUT2D eigenvalue weighted by atomic mass is 9.98. The van der Waals surface area contributed by atoms with Gasteiger partial charge in [-0.2, -0.15) is 13.2 Å². The van der Waals surface area contributed by atoms with Crippen LogP contribution in [-0.2, 0) is 15.7 Å². The number of carbonyl (C=O) groups is 1. The Kier molecular flexibility index (Phi) is 3.80. The maximum Gasteiger partial charge on any atom is 0.416 e. The molecule has 1 aliphatic heterocycles. The minimum atomic E-state index is -4.54. The number of methoxy groups -OCH3 is 1. The summed E-state index contributed by atoms with van der Waals surface area (Å²) in [6.45, 7) is 0. The smallest absolute Gasteiger partial charge is 0.416 e. The van der Waals surface area contributed by atoms with Crippen LogP contribution >= 0.6 is 0 Å². The van der Waals surface area contributed by atoms with Gasteiger partial charge in [0.25, 0.3) is 5.56 Å². The second kappa shape index (κ2) is 5.94. The van der Waals surface area contributed by atoms with Crippen molar-refractivity contribution in [3.8, 4) is 11.4 Å². The van der Waals surface area contributed by atoms with Crippen LogP contribution in [0.5, 0.6) is 0 Å². The van der Waals surface area contributed by atoms with E-state index in [2.05, 4.69) is 9.72 Å². The lowest BCUT2D eigenvalue weighted by Gasteiger charge is -2.15. The molecule has 1 unspecified atom stereocenters. The third kappa shape index (κ3) is 2.68. The van der Waals surface area contributed by atoms with Crippen molar-refractivity contribution < 1.29 is 22.7 Å². The number of rotatable bonds is 2. The highest BCUT2D eigenvalue weighted by Crippen LogP contribution is 2.42. The number of nitrogens with zero attached hydrogens (tertiary/aromatic N) is 2. The Labute approximate surface area is 151 Å². The Balaban J connectivity index is 2.01. The summed E-state index contributed by atoms with van der Waals surface area (Å²) in [5.74, 6) is -0.382. The fraction of sp³-hybridized carbons (Fsp3) is 0.211. The normalized spacial score (nSPS) is 15.5. The maximum absolute atomic E-state index is 13.2. The molecule has 2 heterocycles. The average Bonchev–Trinajstić information content (AvgIpc) is 2.94. The van der Waals surface area contributed by atoms with Gasteiger partial charge in [-0.05, 0) is 29.8 Å². The highest BCUT2D eigenvalue weighted by atomic mass is 19.4. The van der Waals surface area contributed by atoms with Crippen LogP contribution < -0.4 is 5.56 Å². The average molecular weight is 374 g/mol. The van der Waals surface area contributed by atoms with Gasteiger partial charge in [-0.3, -0.25) is 14.2 Å². The first kappa shape index (κ1) is 17.3.